The number of nitrogens with one attached hydrogen (secondary N) is 1. The molecule has 1 rings (SSSR count). The van der Waals surface area contributed by atoms with Crippen molar-refractivity contribution in [1.29, 1.82) is 0 Å². The van der Waals surface area contributed by atoms with Gasteiger partial charge in [0.15, 0.2) is 0 Å². The summed E-state index contributed by atoms with van der Waals surface area (Å²) < 4.78 is 0. The third-order valence-corrected chi connectivity index (χ3v) is 1.70. The molecule has 0 saturated heterocycles. The number of anilines is 2. The molecule has 0 saturated carbocycles. The first-order valence-electron chi connectivity index (χ1n) is 4.09. The largest absolute Gasteiger partial charge is 0.464 e. The van der Waals surface area contributed by atoms with E-state index < -0.39 is 12.1 Å². The third kappa shape index (κ3) is 2.37. The summed E-state index contributed by atoms with van der Waals surface area (Å²) >= 11 is 0. The number of amides is 3. The van der Waals surface area contributed by atoms with Crippen LogP contribution in [0.5, 0.6) is 0 Å². The predicted molar refractivity (Wildman–Crippen MR) is 54.9 cm³/mol. The van der Waals surface area contributed by atoms with Crippen LogP contribution in [0.25, 0.3) is 0 Å². The van der Waals surface area contributed by atoms with Gasteiger partial charge >= 0.3 is 12.1 Å². The fraction of sp³-hybridized carbons (Fsp3) is 0.111. The maximum atomic E-state index is 10.9. The summed E-state index contributed by atoms with van der Waals surface area (Å²) in [5.41, 5.74) is 5.58. The van der Waals surface area contributed by atoms with Gasteiger partial charge in [0.05, 0.1) is 5.69 Å². The molecule has 0 heterocycles. The van der Waals surface area contributed by atoms with Crippen LogP contribution in [-0.4, -0.2) is 24.3 Å². The quantitative estimate of drug-likeness (QED) is 0.677. The molecule has 6 heteroatoms. The summed E-state index contributed by atoms with van der Waals surface area (Å²) in [7, 11) is 1.66. The predicted octanol–water partition coefficient (Wildman–Crippen LogP) is 1.09. The molecule has 0 aromatic heterocycles. The van der Waals surface area contributed by atoms with Crippen molar-refractivity contribution < 1.29 is 14.7 Å². The molecule has 0 aliphatic heterocycles. The molecule has 79 valence electrons. The van der Waals surface area contributed by atoms with Crippen LogP contribution in [0.3, 0.4) is 0 Å². The van der Waals surface area contributed by atoms with Crippen LogP contribution < -0.4 is 16.0 Å². The molecular formula is C9H10N3O3. The van der Waals surface area contributed by atoms with Gasteiger partial charge in [-0.3, -0.25) is 0 Å². The molecule has 15 heavy (non-hydrogen) atoms. The van der Waals surface area contributed by atoms with E-state index in [1.807, 2.05) is 0 Å². The number of nitrogens with two attached hydrogens (primary N) is 1. The van der Waals surface area contributed by atoms with E-state index in [1.165, 1.54) is 6.07 Å². The molecule has 0 spiro atoms. The molecule has 0 aliphatic rings. The minimum Gasteiger partial charge on any atom is -0.464 e. The Balaban J connectivity index is 3.11. The maximum Gasteiger partial charge on any atom is 0.420 e. The summed E-state index contributed by atoms with van der Waals surface area (Å²) in [6.45, 7) is 0. The second-order valence-corrected chi connectivity index (χ2v) is 2.66. The van der Waals surface area contributed by atoms with Crippen LogP contribution in [0.2, 0.25) is 0 Å². The van der Waals surface area contributed by atoms with Crippen LogP contribution in [0.15, 0.2) is 18.2 Å². The normalized spacial score (nSPS) is 9.40. The fourth-order valence-corrected chi connectivity index (χ4v) is 1.05. The Kier molecular flexibility index (Phi) is 3.12. The smallest absolute Gasteiger partial charge is 0.420 e. The van der Waals surface area contributed by atoms with Gasteiger partial charge in [0.1, 0.15) is 0 Å². The zero-order valence-corrected chi connectivity index (χ0v) is 8.02. The molecule has 0 fully saturated rings. The van der Waals surface area contributed by atoms with Gasteiger partial charge in [-0.05, 0) is 12.1 Å². The highest BCUT2D eigenvalue weighted by Crippen LogP contribution is 2.18. The van der Waals surface area contributed by atoms with Crippen LogP contribution in [-0.2, 0) is 0 Å². The number of urea groups is 1. The van der Waals surface area contributed by atoms with Crippen molar-refractivity contribution in [2.24, 2.45) is 5.73 Å². The molecule has 0 atom stereocenters. The zero-order valence-electron chi connectivity index (χ0n) is 8.02. The van der Waals surface area contributed by atoms with Gasteiger partial charge in [0.2, 0.25) is 0 Å². The van der Waals surface area contributed by atoms with E-state index in [-0.39, 0.29) is 5.69 Å². The Labute approximate surface area is 86.3 Å². The summed E-state index contributed by atoms with van der Waals surface area (Å²) in [4.78, 5) is 22.0. The van der Waals surface area contributed by atoms with Gasteiger partial charge in [-0.25, -0.2) is 9.59 Å². The number of benzene rings is 1. The Bertz CT molecular complexity index is 378. The van der Waals surface area contributed by atoms with E-state index in [9.17, 15) is 9.59 Å². The first-order chi connectivity index (χ1) is 7.06. The average Bonchev–Trinajstić information content (AvgIpc) is 2.17. The van der Waals surface area contributed by atoms with E-state index >= 15 is 0 Å². The van der Waals surface area contributed by atoms with E-state index in [4.69, 9.17) is 10.8 Å². The monoisotopic (exact) mass is 208 g/mol. The van der Waals surface area contributed by atoms with E-state index in [2.05, 4.69) is 11.4 Å². The highest BCUT2D eigenvalue weighted by molar-refractivity contribution is 6.10. The lowest BCUT2D eigenvalue weighted by Crippen LogP contribution is -2.39. The van der Waals surface area contributed by atoms with E-state index in [1.54, 1.807) is 19.2 Å². The van der Waals surface area contributed by atoms with E-state index in [0.717, 1.165) is 0 Å². The second-order valence-electron chi connectivity index (χ2n) is 2.66. The Morgan fingerprint density at radius 2 is 2.20 bits per heavy atom. The number of nitrogens with zero attached hydrogens (tertiary/aromatic N) is 1. The summed E-state index contributed by atoms with van der Waals surface area (Å²) in [6.07, 6.45) is -1.44. The number of rotatable bonds is 2. The molecule has 3 amide bonds. The van der Waals surface area contributed by atoms with Gasteiger partial charge in [-0.1, -0.05) is 6.07 Å². The Morgan fingerprint density at radius 1 is 1.53 bits per heavy atom. The molecule has 0 aliphatic carbocycles. The topological polar surface area (TPSA) is 95.7 Å². The number of hydrogen-bond acceptors (Lipinski definition) is 3. The summed E-state index contributed by atoms with van der Waals surface area (Å²) in [5.74, 6) is 0. The molecule has 6 nitrogen and oxygen atoms in total. The third-order valence-electron chi connectivity index (χ3n) is 1.70. The van der Waals surface area contributed by atoms with Crippen LogP contribution in [0.1, 0.15) is 0 Å². The standard InChI is InChI=1S/C9H10N3O3/c1-11-6-3-2-4-7(5-6)12(8(10)13)9(14)15/h2-4,11H,1H3,(H2,10,13)(H,14,15). The molecular weight excluding hydrogens is 198 g/mol. The maximum absolute atomic E-state index is 10.9. The molecule has 1 aromatic rings. The van der Waals surface area contributed by atoms with Gasteiger partial charge in [0, 0.05) is 18.8 Å². The van der Waals surface area contributed by atoms with Crippen molar-refractivity contribution in [1.82, 2.24) is 0 Å². The van der Waals surface area contributed by atoms with Crippen molar-refractivity contribution in [2.45, 2.75) is 0 Å². The van der Waals surface area contributed by atoms with Gasteiger partial charge in [-0.15, -0.1) is 0 Å². The molecule has 0 bridgehead atoms. The molecule has 1 aromatic carbocycles. The van der Waals surface area contributed by atoms with Gasteiger partial charge in [-0.2, -0.15) is 4.90 Å². The molecule has 4 N–H and O–H groups in total. The highest BCUT2D eigenvalue weighted by atomic mass is 16.4. The number of imide groups is 1. The summed E-state index contributed by atoms with van der Waals surface area (Å²) in [5, 5.41) is 11.5. The minimum atomic E-state index is -1.44. The van der Waals surface area contributed by atoms with Gasteiger partial charge in [0.25, 0.3) is 0 Å². The number of hydrogen-bond donors (Lipinski definition) is 3. The highest BCUT2D eigenvalue weighted by Gasteiger charge is 2.20. The van der Waals surface area contributed by atoms with Crippen LogP contribution in [0, 0.1) is 6.07 Å². The van der Waals surface area contributed by atoms with Crippen LogP contribution in [0.4, 0.5) is 21.0 Å². The van der Waals surface area contributed by atoms with Crippen molar-refractivity contribution in [2.75, 3.05) is 17.3 Å². The van der Waals surface area contributed by atoms with Gasteiger partial charge < -0.3 is 16.2 Å². The first kappa shape index (κ1) is 10.8. The lowest BCUT2D eigenvalue weighted by molar-refractivity contribution is 0.200. The van der Waals surface area contributed by atoms with Crippen molar-refractivity contribution in [3.8, 4) is 0 Å². The average molecular weight is 208 g/mol. The summed E-state index contributed by atoms with van der Waals surface area (Å²) in [6, 6.07) is 6.34. The van der Waals surface area contributed by atoms with Crippen molar-refractivity contribution in [3.63, 3.8) is 0 Å². The minimum absolute atomic E-state index is 0.0850. The molecule has 1 radical (unpaired) electrons. The number of carboxylic acid groups (broad SMARTS) is 1. The SMILES string of the molecule is CNc1[c]c(N(C(N)=O)C(=O)O)ccc1. The van der Waals surface area contributed by atoms with Crippen molar-refractivity contribution in [3.05, 3.63) is 24.3 Å². The van der Waals surface area contributed by atoms with Crippen LogP contribution >= 0.6 is 0 Å². The second kappa shape index (κ2) is 4.32. The first-order valence-corrected chi connectivity index (χ1v) is 4.09. The fourth-order valence-electron chi connectivity index (χ4n) is 1.05. The number of primary amides is 1. The van der Waals surface area contributed by atoms with Crippen molar-refractivity contribution >= 4 is 23.5 Å². The van der Waals surface area contributed by atoms with E-state index in [0.29, 0.717) is 10.6 Å². The number of carbonyl (C=O) groups excluding carboxylic acids is 1. The number of carbonyl (C=O) groups is 2. The Hall–Kier alpha value is -2.24. The lowest BCUT2D eigenvalue weighted by atomic mass is 10.2. The zero-order chi connectivity index (χ0) is 11.4. The molecule has 0 unspecified atom stereocenters. The Morgan fingerprint density at radius 3 is 2.67 bits per heavy atom. The lowest BCUT2D eigenvalue weighted by Gasteiger charge is -2.14.